The van der Waals surface area contributed by atoms with Crippen LogP contribution in [0, 0.1) is 12.7 Å². The van der Waals surface area contributed by atoms with Gasteiger partial charge in [0.25, 0.3) is 0 Å². The van der Waals surface area contributed by atoms with E-state index in [0.717, 1.165) is 36.3 Å². The van der Waals surface area contributed by atoms with Crippen molar-refractivity contribution in [3.05, 3.63) is 46.5 Å². The molecular formula is C20H20ClFN4O. The van der Waals surface area contributed by atoms with Gasteiger partial charge in [0, 0.05) is 42.9 Å². The Morgan fingerprint density at radius 2 is 2.22 bits per heavy atom. The number of fused-ring (bicyclic) bond motifs is 3. The van der Waals surface area contributed by atoms with E-state index in [4.69, 9.17) is 16.3 Å². The van der Waals surface area contributed by atoms with Crippen LogP contribution in [0.3, 0.4) is 0 Å². The topological polar surface area (TPSA) is 53.2 Å². The van der Waals surface area contributed by atoms with Gasteiger partial charge in [-0.1, -0.05) is 17.7 Å². The minimum absolute atomic E-state index is 0.269. The summed E-state index contributed by atoms with van der Waals surface area (Å²) < 4.78 is 21.4. The quantitative estimate of drug-likeness (QED) is 0.672. The number of benzene rings is 2. The standard InChI is InChI=1S/C20H20ClFN4O/c1-11-2-3-15-19(25-10-24-15)16(11)17-14(22)6-12-8-26-5-4-23-7-13(26)9-27-20(12)18(17)21/h2-3,6,10,13,23H,4-5,7-9H2,1H3,(H,24,25)/t13-/m1/s1. The minimum atomic E-state index is -0.338. The van der Waals surface area contributed by atoms with E-state index in [-0.39, 0.29) is 11.9 Å². The maximum Gasteiger partial charge on any atom is 0.143 e. The lowest BCUT2D eigenvalue weighted by atomic mass is 9.96. The van der Waals surface area contributed by atoms with Crippen LogP contribution in [0.5, 0.6) is 5.75 Å². The molecule has 2 aliphatic rings. The fourth-order valence-electron chi connectivity index (χ4n) is 4.15. The molecule has 1 aromatic heterocycles. The molecule has 1 fully saturated rings. The molecule has 3 aromatic rings. The highest BCUT2D eigenvalue weighted by atomic mass is 35.5. The molecule has 1 saturated heterocycles. The van der Waals surface area contributed by atoms with E-state index in [0.29, 0.717) is 40.6 Å². The van der Waals surface area contributed by atoms with Crippen molar-refractivity contribution in [1.29, 1.82) is 0 Å². The Balaban J connectivity index is 1.69. The van der Waals surface area contributed by atoms with Gasteiger partial charge < -0.3 is 15.0 Å². The van der Waals surface area contributed by atoms with E-state index in [2.05, 4.69) is 20.2 Å². The molecule has 1 atom stereocenters. The summed E-state index contributed by atoms with van der Waals surface area (Å²) in [6, 6.07) is 5.73. The predicted molar refractivity (Wildman–Crippen MR) is 104 cm³/mol. The molecule has 0 amide bonds. The van der Waals surface area contributed by atoms with Crippen molar-refractivity contribution in [2.75, 3.05) is 26.2 Å². The second kappa shape index (κ2) is 6.48. The number of aromatic amines is 1. The maximum absolute atomic E-state index is 15.3. The van der Waals surface area contributed by atoms with Crippen LogP contribution in [-0.4, -0.2) is 47.2 Å². The zero-order chi connectivity index (χ0) is 18.5. The SMILES string of the molecule is Cc1ccc2[nH]cnc2c1-c1c(F)cc2c(c1Cl)OC[C@H]1CNCCN1C2. The summed E-state index contributed by atoms with van der Waals surface area (Å²) in [5.41, 5.74) is 4.37. The Morgan fingerprint density at radius 1 is 1.33 bits per heavy atom. The second-order valence-corrected chi connectivity index (χ2v) is 7.61. The first-order valence-corrected chi connectivity index (χ1v) is 9.53. The van der Waals surface area contributed by atoms with Crippen molar-refractivity contribution in [1.82, 2.24) is 20.2 Å². The number of hydrogen-bond acceptors (Lipinski definition) is 4. The van der Waals surface area contributed by atoms with Crippen LogP contribution in [0.1, 0.15) is 11.1 Å². The number of aromatic nitrogens is 2. The summed E-state index contributed by atoms with van der Waals surface area (Å²) in [5.74, 6) is 0.254. The normalized spacial score (nSPS) is 20.0. The van der Waals surface area contributed by atoms with Gasteiger partial charge in [-0.15, -0.1) is 0 Å². The van der Waals surface area contributed by atoms with Crippen LogP contribution in [-0.2, 0) is 6.54 Å². The molecule has 2 aromatic carbocycles. The lowest BCUT2D eigenvalue weighted by molar-refractivity contribution is 0.120. The van der Waals surface area contributed by atoms with E-state index in [1.807, 2.05) is 19.1 Å². The van der Waals surface area contributed by atoms with Crippen LogP contribution in [0.15, 0.2) is 24.5 Å². The summed E-state index contributed by atoms with van der Waals surface area (Å²) >= 11 is 6.74. The van der Waals surface area contributed by atoms with Crippen molar-refractivity contribution < 1.29 is 9.13 Å². The van der Waals surface area contributed by atoms with E-state index in [1.165, 1.54) is 0 Å². The van der Waals surface area contributed by atoms with Gasteiger partial charge in [-0.3, -0.25) is 4.90 Å². The number of aryl methyl sites for hydroxylation is 1. The Morgan fingerprint density at radius 3 is 3.11 bits per heavy atom. The first-order chi connectivity index (χ1) is 13.1. The molecule has 5 nitrogen and oxygen atoms in total. The molecule has 2 aliphatic heterocycles. The zero-order valence-corrected chi connectivity index (χ0v) is 15.7. The van der Waals surface area contributed by atoms with Crippen molar-refractivity contribution >= 4 is 22.6 Å². The first-order valence-electron chi connectivity index (χ1n) is 9.15. The largest absolute Gasteiger partial charge is 0.490 e. The number of nitrogens with zero attached hydrogens (tertiary/aromatic N) is 2. The molecule has 140 valence electrons. The third kappa shape index (κ3) is 2.71. The van der Waals surface area contributed by atoms with E-state index in [9.17, 15) is 0 Å². The number of piperazine rings is 1. The first kappa shape index (κ1) is 17.0. The van der Waals surface area contributed by atoms with Gasteiger partial charge in [0.1, 0.15) is 18.2 Å². The van der Waals surface area contributed by atoms with Gasteiger partial charge in [0.05, 0.1) is 28.4 Å². The number of nitrogens with one attached hydrogen (secondary N) is 2. The monoisotopic (exact) mass is 386 g/mol. The lowest BCUT2D eigenvalue weighted by Crippen LogP contribution is -2.52. The average Bonchev–Trinajstić information content (AvgIpc) is 3.05. The van der Waals surface area contributed by atoms with E-state index < -0.39 is 0 Å². The Kier molecular flexibility index (Phi) is 4.07. The molecule has 2 N–H and O–H groups in total. The highest BCUT2D eigenvalue weighted by molar-refractivity contribution is 6.35. The van der Waals surface area contributed by atoms with Gasteiger partial charge in [-0.2, -0.15) is 0 Å². The molecular weight excluding hydrogens is 367 g/mol. The van der Waals surface area contributed by atoms with E-state index >= 15 is 4.39 Å². The van der Waals surface area contributed by atoms with Crippen molar-refractivity contribution in [2.24, 2.45) is 0 Å². The third-order valence-electron chi connectivity index (χ3n) is 5.57. The van der Waals surface area contributed by atoms with Crippen molar-refractivity contribution in [2.45, 2.75) is 19.5 Å². The second-order valence-electron chi connectivity index (χ2n) is 7.23. The molecule has 7 heteroatoms. The van der Waals surface area contributed by atoms with Crippen LogP contribution < -0.4 is 10.1 Å². The smallest absolute Gasteiger partial charge is 0.143 e. The summed E-state index contributed by atoms with van der Waals surface area (Å²) in [6.45, 7) is 5.84. The molecule has 0 aliphatic carbocycles. The van der Waals surface area contributed by atoms with Gasteiger partial charge in [-0.25, -0.2) is 9.37 Å². The van der Waals surface area contributed by atoms with Crippen LogP contribution in [0.25, 0.3) is 22.2 Å². The minimum Gasteiger partial charge on any atom is -0.490 e. The fourth-order valence-corrected chi connectivity index (χ4v) is 4.51. The summed E-state index contributed by atoms with van der Waals surface area (Å²) in [6.07, 6.45) is 1.62. The third-order valence-corrected chi connectivity index (χ3v) is 5.93. The molecule has 27 heavy (non-hydrogen) atoms. The van der Waals surface area contributed by atoms with Crippen LogP contribution >= 0.6 is 11.6 Å². The number of H-pyrrole nitrogens is 1. The van der Waals surface area contributed by atoms with Crippen LogP contribution in [0.2, 0.25) is 5.02 Å². The van der Waals surface area contributed by atoms with Gasteiger partial charge in [0.15, 0.2) is 0 Å². The maximum atomic E-state index is 15.3. The fraction of sp³-hybridized carbons (Fsp3) is 0.350. The molecule has 0 saturated carbocycles. The lowest BCUT2D eigenvalue weighted by Gasteiger charge is -2.33. The number of halogens is 2. The van der Waals surface area contributed by atoms with Crippen LogP contribution in [0.4, 0.5) is 4.39 Å². The predicted octanol–water partition coefficient (Wildman–Crippen LogP) is 3.50. The number of imidazole rings is 1. The van der Waals surface area contributed by atoms with Crippen molar-refractivity contribution in [3.8, 4) is 16.9 Å². The molecule has 3 heterocycles. The summed E-state index contributed by atoms with van der Waals surface area (Å²) in [7, 11) is 0. The average molecular weight is 387 g/mol. The molecule has 0 unspecified atom stereocenters. The number of rotatable bonds is 1. The summed E-state index contributed by atoms with van der Waals surface area (Å²) in [5, 5.41) is 3.72. The van der Waals surface area contributed by atoms with Gasteiger partial charge >= 0.3 is 0 Å². The Hall–Kier alpha value is -2.15. The molecule has 0 radical (unpaired) electrons. The Bertz CT molecular complexity index is 1030. The van der Waals surface area contributed by atoms with E-state index in [1.54, 1.807) is 12.4 Å². The highest BCUT2D eigenvalue weighted by Gasteiger charge is 2.30. The zero-order valence-electron chi connectivity index (χ0n) is 15.0. The molecule has 0 bridgehead atoms. The summed E-state index contributed by atoms with van der Waals surface area (Å²) in [4.78, 5) is 9.80. The number of hydrogen-bond donors (Lipinski definition) is 2. The number of ether oxygens (including phenoxy) is 1. The Labute approximate surface area is 161 Å². The molecule has 0 spiro atoms. The van der Waals surface area contributed by atoms with Gasteiger partial charge in [-0.05, 0) is 24.6 Å². The van der Waals surface area contributed by atoms with Crippen molar-refractivity contribution in [3.63, 3.8) is 0 Å². The highest BCUT2D eigenvalue weighted by Crippen LogP contribution is 2.44. The van der Waals surface area contributed by atoms with Gasteiger partial charge in [0.2, 0.25) is 0 Å². The molecule has 5 rings (SSSR count).